The van der Waals surface area contributed by atoms with E-state index in [0.29, 0.717) is 18.4 Å². The average molecular weight is 496 g/mol. The SMILES string of the molecule is COCC(=O)N1CCC(c2cn(C)nc2OCc2ccc(C3=C(C)C=c4ccccc4=C=C3)cc2)CC1. The lowest BCUT2D eigenvalue weighted by atomic mass is 9.91. The molecule has 190 valence electrons. The van der Waals surface area contributed by atoms with E-state index in [-0.39, 0.29) is 12.5 Å². The van der Waals surface area contributed by atoms with Crippen LogP contribution < -0.4 is 15.2 Å². The molecule has 1 aliphatic carbocycles. The van der Waals surface area contributed by atoms with Gasteiger partial charge in [0.1, 0.15) is 13.2 Å². The molecule has 6 heteroatoms. The first-order valence-corrected chi connectivity index (χ1v) is 12.8. The summed E-state index contributed by atoms with van der Waals surface area (Å²) < 4.78 is 13.0. The predicted octanol–water partition coefficient (Wildman–Crippen LogP) is 3.55. The number of hydrogen-bond donors (Lipinski definition) is 0. The van der Waals surface area contributed by atoms with Crippen molar-refractivity contribution < 1.29 is 14.3 Å². The van der Waals surface area contributed by atoms with Crippen LogP contribution in [0.5, 0.6) is 5.88 Å². The van der Waals surface area contributed by atoms with Crippen molar-refractivity contribution in [3.05, 3.63) is 93.5 Å². The zero-order chi connectivity index (χ0) is 25.8. The second-order valence-electron chi connectivity index (χ2n) is 9.75. The minimum absolute atomic E-state index is 0.0534. The van der Waals surface area contributed by atoms with E-state index < -0.39 is 0 Å². The lowest BCUT2D eigenvalue weighted by molar-refractivity contribution is -0.136. The number of methoxy groups -OCH3 is 1. The molecule has 2 aromatic carbocycles. The Kier molecular flexibility index (Phi) is 7.40. The van der Waals surface area contributed by atoms with E-state index >= 15 is 0 Å². The van der Waals surface area contributed by atoms with Gasteiger partial charge in [-0.15, -0.1) is 10.8 Å². The molecule has 0 unspecified atom stereocenters. The third kappa shape index (κ3) is 5.61. The number of aryl methyl sites for hydroxylation is 1. The van der Waals surface area contributed by atoms with E-state index in [1.165, 1.54) is 16.4 Å². The number of aromatic nitrogens is 2. The topological polar surface area (TPSA) is 56.6 Å². The lowest BCUT2D eigenvalue weighted by Crippen LogP contribution is -2.39. The molecular formula is C31H33N3O3. The molecule has 0 N–H and O–H groups in total. The number of likely N-dealkylation sites (tertiary alicyclic amines) is 1. The number of fused-ring (bicyclic) bond motifs is 1. The molecule has 1 saturated heterocycles. The summed E-state index contributed by atoms with van der Waals surface area (Å²) in [5.74, 6) is 1.06. The highest BCUT2D eigenvalue weighted by Crippen LogP contribution is 2.34. The van der Waals surface area contributed by atoms with E-state index in [4.69, 9.17) is 9.47 Å². The molecule has 3 aromatic rings. The average Bonchev–Trinajstić information content (AvgIpc) is 3.20. The molecular weight excluding hydrogens is 462 g/mol. The van der Waals surface area contributed by atoms with Gasteiger partial charge in [0.2, 0.25) is 11.8 Å². The monoisotopic (exact) mass is 495 g/mol. The molecule has 0 atom stereocenters. The normalized spacial score (nSPS) is 15.6. The number of nitrogens with zero attached hydrogens (tertiary/aromatic N) is 3. The fourth-order valence-electron chi connectivity index (χ4n) is 5.11. The van der Waals surface area contributed by atoms with Gasteiger partial charge in [0.15, 0.2) is 0 Å². The van der Waals surface area contributed by atoms with Crippen LogP contribution in [0.3, 0.4) is 0 Å². The number of ether oxygens (including phenoxy) is 2. The number of benzene rings is 2. The number of rotatable bonds is 7. The molecule has 2 aliphatic rings. The van der Waals surface area contributed by atoms with Crippen molar-refractivity contribution >= 4 is 23.3 Å². The van der Waals surface area contributed by atoms with Crippen molar-refractivity contribution in [2.45, 2.75) is 32.3 Å². The minimum Gasteiger partial charge on any atom is -0.472 e. The summed E-state index contributed by atoms with van der Waals surface area (Å²) >= 11 is 0. The first-order chi connectivity index (χ1) is 18.0. The highest BCUT2D eigenvalue weighted by atomic mass is 16.5. The van der Waals surface area contributed by atoms with Gasteiger partial charge in [-0.3, -0.25) is 9.48 Å². The Morgan fingerprint density at radius 2 is 1.86 bits per heavy atom. The molecule has 37 heavy (non-hydrogen) atoms. The largest absolute Gasteiger partial charge is 0.472 e. The van der Waals surface area contributed by atoms with Crippen LogP contribution in [0.1, 0.15) is 42.4 Å². The molecule has 1 fully saturated rings. The summed E-state index contributed by atoms with van der Waals surface area (Å²) in [7, 11) is 3.48. The summed E-state index contributed by atoms with van der Waals surface area (Å²) in [4.78, 5) is 14.0. The molecule has 0 radical (unpaired) electrons. The van der Waals surface area contributed by atoms with Crippen molar-refractivity contribution in [3.63, 3.8) is 0 Å². The molecule has 6 nitrogen and oxygen atoms in total. The Labute approximate surface area is 217 Å². The number of amides is 1. The number of carbonyl (C=O) groups is 1. The van der Waals surface area contributed by atoms with Crippen LogP contribution in [-0.2, 0) is 23.2 Å². The van der Waals surface area contributed by atoms with Gasteiger partial charge < -0.3 is 14.4 Å². The quantitative estimate of drug-likeness (QED) is 0.503. The summed E-state index contributed by atoms with van der Waals surface area (Å²) in [6, 6.07) is 16.8. The summed E-state index contributed by atoms with van der Waals surface area (Å²) in [5.41, 5.74) is 9.20. The van der Waals surface area contributed by atoms with Crippen molar-refractivity contribution in [2.75, 3.05) is 26.8 Å². The van der Waals surface area contributed by atoms with Gasteiger partial charge >= 0.3 is 0 Å². The van der Waals surface area contributed by atoms with Gasteiger partial charge in [-0.25, -0.2) is 0 Å². The summed E-state index contributed by atoms with van der Waals surface area (Å²) in [5, 5.41) is 6.89. The lowest BCUT2D eigenvalue weighted by Gasteiger charge is -2.31. The van der Waals surface area contributed by atoms with Gasteiger partial charge in [-0.05, 0) is 65.3 Å². The number of hydrogen-bond acceptors (Lipinski definition) is 4. The van der Waals surface area contributed by atoms with Crippen LogP contribution >= 0.6 is 0 Å². The molecule has 0 spiro atoms. The molecule has 5 rings (SSSR count). The molecule has 1 aromatic heterocycles. The molecule has 2 heterocycles. The zero-order valence-electron chi connectivity index (χ0n) is 21.7. The first kappa shape index (κ1) is 24.8. The Bertz CT molecular complexity index is 1470. The Morgan fingerprint density at radius 3 is 2.62 bits per heavy atom. The first-order valence-electron chi connectivity index (χ1n) is 12.8. The number of piperidine rings is 1. The molecule has 1 aliphatic heterocycles. The van der Waals surface area contributed by atoms with Gasteiger partial charge in [0.25, 0.3) is 0 Å². The van der Waals surface area contributed by atoms with E-state index in [1.807, 2.05) is 28.9 Å². The number of allylic oxidation sites excluding steroid dienone is 3. The maximum atomic E-state index is 12.1. The van der Waals surface area contributed by atoms with Crippen LogP contribution in [0.15, 0.2) is 66.4 Å². The van der Waals surface area contributed by atoms with Crippen molar-refractivity contribution in [2.24, 2.45) is 7.05 Å². The smallest absolute Gasteiger partial charge is 0.248 e. The van der Waals surface area contributed by atoms with Crippen LogP contribution in [0.25, 0.3) is 17.4 Å². The van der Waals surface area contributed by atoms with E-state index in [2.05, 4.69) is 72.4 Å². The van der Waals surface area contributed by atoms with Crippen LogP contribution in [0.4, 0.5) is 0 Å². The van der Waals surface area contributed by atoms with E-state index in [1.54, 1.807) is 7.11 Å². The molecule has 0 bridgehead atoms. The Balaban J connectivity index is 1.25. The van der Waals surface area contributed by atoms with E-state index in [9.17, 15) is 4.79 Å². The second-order valence-corrected chi connectivity index (χ2v) is 9.75. The van der Waals surface area contributed by atoms with Gasteiger partial charge in [0, 0.05) is 44.2 Å². The third-order valence-corrected chi connectivity index (χ3v) is 7.15. The maximum Gasteiger partial charge on any atom is 0.248 e. The van der Waals surface area contributed by atoms with Crippen molar-refractivity contribution in [3.8, 4) is 5.88 Å². The Morgan fingerprint density at radius 1 is 1.11 bits per heavy atom. The van der Waals surface area contributed by atoms with Crippen LogP contribution in [0, 0.1) is 0 Å². The minimum atomic E-state index is 0.0534. The van der Waals surface area contributed by atoms with Gasteiger partial charge in [0.05, 0.1) is 0 Å². The van der Waals surface area contributed by atoms with Gasteiger partial charge in [-0.1, -0.05) is 48.5 Å². The zero-order valence-corrected chi connectivity index (χ0v) is 21.7. The predicted molar refractivity (Wildman–Crippen MR) is 145 cm³/mol. The second kappa shape index (κ2) is 11.0. The third-order valence-electron chi connectivity index (χ3n) is 7.15. The highest BCUT2D eigenvalue weighted by Gasteiger charge is 2.27. The van der Waals surface area contributed by atoms with Crippen molar-refractivity contribution in [1.82, 2.24) is 14.7 Å². The maximum absolute atomic E-state index is 12.1. The fraction of sp³-hybridized carbons (Fsp3) is 0.323. The van der Waals surface area contributed by atoms with Crippen LogP contribution in [-0.4, -0.2) is 47.4 Å². The molecule has 1 amide bonds. The number of carbonyl (C=O) groups excluding carboxylic acids is 1. The van der Waals surface area contributed by atoms with Crippen molar-refractivity contribution in [1.29, 1.82) is 0 Å². The van der Waals surface area contributed by atoms with Gasteiger partial charge in [-0.2, -0.15) is 0 Å². The highest BCUT2D eigenvalue weighted by molar-refractivity contribution is 5.84. The summed E-state index contributed by atoms with van der Waals surface area (Å²) in [6.45, 7) is 4.20. The Hall–Kier alpha value is -3.86. The van der Waals surface area contributed by atoms with Crippen LogP contribution in [0.2, 0.25) is 0 Å². The van der Waals surface area contributed by atoms with E-state index in [0.717, 1.165) is 47.8 Å². The molecule has 0 saturated carbocycles. The fourth-order valence-corrected chi connectivity index (χ4v) is 5.11. The standard InChI is InChI=1S/C31H33N3O3/c1-22-18-27-7-5-4-6-24(27)12-13-28(22)25-10-8-23(9-11-25)20-37-31-29(19-33(2)32-31)26-14-16-34(17-15-26)30(35)21-36-3/h4-11,13,18-19,26H,14-17,20-21H2,1-3H3. The summed E-state index contributed by atoms with van der Waals surface area (Å²) in [6.07, 6.45) is 8.14.